The molecule has 6 nitrogen and oxygen atoms in total. The Kier molecular flexibility index (Phi) is 7.47. The van der Waals surface area contributed by atoms with Crippen LogP contribution in [0.1, 0.15) is 6.92 Å². The van der Waals surface area contributed by atoms with E-state index in [1.165, 1.54) is 12.0 Å². The Morgan fingerprint density at radius 1 is 1.12 bits per heavy atom. The molecule has 0 aliphatic rings. The van der Waals surface area contributed by atoms with Gasteiger partial charge in [-0.05, 0) is 43.3 Å². The molecule has 7 heteroatoms. The Bertz CT molecular complexity index is 749. The molecule has 0 unspecified atom stereocenters. The largest absolute Gasteiger partial charge is 0.495 e. The van der Waals surface area contributed by atoms with E-state index in [2.05, 4.69) is 21.2 Å². The first-order valence-electron chi connectivity index (χ1n) is 8.12. The number of carbonyl (C=O) groups excluding carboxylic acids is 2. The number of ether oxygens (including phenoxy) is 2. The van der Waals surface area contributed by atoms with E-state index in [9.17, 15) is 9.59 Å². The van der Waals surface area contributed by atoms with Gasteiger partial charge in [-0.2, -0.15) is 0 Å². The Morgan fingerprint density at radius 2 is 1.81 bits per heavy atom. The summed E-state index contributed by atoms with van der Waals surface area (Å²) in [6, 6.07) is 14.3. The summed E-state index contributed by atoms with van der Waals surface area (Å²) in [6.45, 7) is 2.03. The van der Waals surface area contributed by atoms with Gasteiger partial charge in [-0.1, -0.05) is 28.1 Å². The number of benzene rings is 2. The van der Waals surface area contributed by atoms with E-state index in [-0.39, 0.29) is 25.0 Å². The Morgan fingerprint density at radius 3 is 2.46 bits per heavy atom. The second kappa shape index (κ2) is 9.82. The summed E-state index contributed by atoms with van der Waals surface area (Å²) in [5.41, 5.74) is 0.564. The number of nitrogens with zero attached hydrogens (tertiary/aromatic N) is 1. The maximum Gasteiger partial charge on any atom is 0.260 e. The van der Waals surface area contributed by atoms with Gasteiger partial charge in [-0.3, -0.25) is 9.59 Å². The molecule has 0 aliphatic carbocycles. The second-order valence-electron chi connectivity index (χ2n) is 5.40. The molecule has 0 saturated heterocycles. The van der Waals surface area contributed by atoms with Crippen molar-refractivity contribution in [3.8, 4) is 11.5 Å². The number of para-hydroxylation sites is 2. The molecule has 0 spiro atoms. The Balaban J connectivity index is 1.89. The molecule has 0 atom stereocenters. The monoisotopic (exact) mass is 420 g/mol. The van der Waals surface area contributed by atoms with Crippen molar-refractivity contribution in [2.24, 2.45) is 0 Å². The number of hydrogen-bond acceptors (Lipinski definition) is 4. The first-order chi connectivity index (χ1) is 12.5. The molecule has 0 saturated carbocycles. The van der Waals surface area contributed by atoms with E-state index >= 15 is 0 Å². The molecule has 0 bridgehead atoms. The van der Waals surface area contributed by atoms with Crippen LogP contribution in [0, 0.1) is 0 Å². The summed E-state index contributed by atoms with van der Waals surface area (Å²) >= 11 is 3.34. The van der Waals surface area contributed by atoms with Crippen LogP contribution in [0.3, 0.4) is 0 Å². The van der Waals surface area contributed by atoms with Crippen molar-refractivity contribution < 1.29 is 19.1 Å². The molecule has 1 N–H and O–H groups in total. The number of methoxy groups -OCH3 is 1. The lowest BCUT2D eigenvalue weighted by molar-refractivity contribution is -0.136. The van der Waals surface area contributed by atoms with Crippen LogP contribution in [0.25, 0.3) is 0 Å². The fraction of sp³-hybridized carbons (Fsp3) is 0.263. The van der Waals surface area contributed by atoms with Gasteiger partial charge < -0.3 is 19.7 Å². The highest BCUT2D eigenvalue weighted by Crippen LogP contribution is 2.22. The lowest BCUT2D eigenvalue weighted by atomic mass is 10.3. The number of hydrogen-bond donors (Lipinski definition) is 1. The van der Waals surface area contributed by atoms with Crippen LogP contribution in [0.2, 0.25) is 0 Å². The zero-order valence-electron chi connectivity index (χ0n) is 14.7. The van der Waals surface area contributed by atoms with E-state index in [1.54, 1.807) is 30.3 Å². The van der Waals surface area contributed by atoms with Gasteiger partial charge in [0.25, 0.3) is 5.91 Å². The minimum atomic E-state index is -0.298. The van der Waals surface area contributed by atoms with Crippen molar-refractivity contribution in [1.29, 1.82) is 0 Å². The summed E-state index contributed by atoms with van der Waals surface area (Å²) in [6.07, 6.45) is 0. The van der Waals surface area contributed by atoms with Crippen molar-refractivity contribution in [3.63, 3.8) is 0 Å². The van der Waals surface area contributed by atoms with Gasteiger partial charge in [0.2, 0.25) is 5.91 Å². The van der Waals surface area contributed by atoms with Crippen molar-refractivity contribution in [1.82, 2.24) is 4.90 Å². The molecule has 0 heterocycles. The average Bonchev–Trinajstić information content (AvgIpc) is 2.65. The van der Waals surface area contributed by atoms with Gasteiger partial charge in [-0.25, -0.2) is 0 Å². The van der Waals surface area contributed by atoms with Gasteiger partial charge in [0.15, 0.2) is 6.61 Å². The number of halogens is 1. The molecule has 0 aliphatic heterocycles. The summed E-state index contributed by atoms with van der Waals surface area (Å²) < 4.78 is 11.6. The first kappa shape index (κ1) is 19.8. The van der Waals surface area contributed by atoms with Gasteiger partial charge in [0.05, 0.1) is 19.3 Å². The molecular formula is C19H21BrN2O4. The smallest absolute Gasteiger partial charge is 0.260 e. The van der Waals surface area contributed by atoms with Crippen molar-refractivity contribution in [2.45, 2.75) is 6.92 Å². The highest BCUT2D eigenvalue weighted by molar-refractivity contribution is 9.10. The molecule has 2 amide bonds. The highest BCUT2D eigenvalue weighted by atomic mass is 79.9. The molecule has 2 rings (SSSR count). The lowest BCUT2D eigenvalue weighted by Crippen LogP contribution is -2.40. The Labute approximate surface area is 161 Å². The quantitative estimate of drug-likeness (QED) is 0.710. The average molecular weight is 421 g/mol. The maximum absolute atomic E-state index is 12.3. The van der Waals surface area contributed by atoms with Crippen LogP contribution < -0.4 is 14.8 Å². The topological polar surface area (TPSA) is 67.9 Å². The minimum Gasteiger partial charge on any atom is -0.495 e. The molecule has 0 fully saturated rings. The van der Waals surface area contributed by atoms with E-state index in [0.717, 1.165) is 4.47 Å². The number of amides is 2. The predicted molar refractivity (Wildman–Crippen MR) is 104 cm³/mol. The standard InChI is InChI=1S/C19H21BrN2O4/c1-3-22(19(24)13-26-15-10-8-14(20)9-11-15)12-18(23)21-16-6-4-5-7-17(16)25-2/h4-11H,3,12-13H2,1-2H3,(H,21,23). The third-order valence-corrected chi connectivity index (χ3v) is 4.15. The van der Waals surface area contributed by atoms with Crippen molar-refractivity contribution in [2.75, 3.05) is 32.1 Å². The van der Waals surface area contributed by atoms with Gasteiger partial charge in [0, 0.05) is 11.0 Å². The van der Waals surface area contributed by atoms with Crippen molar-refractivity contribution >= 4 is 33.4 Å². The highest BCUT2D eigenvalue weighted by Gasteiger charge is 2.17. The zero-order valence-corrected chi connectivity index (χ0v) is 16.3. The maximum atomic E-state index is 12.3. The van der Waals surface area contributed by atoms with E-state index in [0.29, 0.717) is 23.7 Å². The van der Waals surface area contributed by atoms with E-state index < -0.39 is 0 Å². The molecule has 2 aromatic carbocycles. The van der Waals surface area contributed by atoms with Crippen LogP contribution in [-0.4, -0.2) is 43.5 Å². The summed E-state index contributed by atoms with van der Waals surface area (Å²) in [7, 11) is 1.53. The summed E-state index contributed by atoms with van der Waals surface area (Å²) in [4.78, 5) is 26.0. The van der Waals surface area contributed by atoms with Crippen LogP contribution in [0.5, 0.6) is 11.5 Å². The van der Waals surface area contributed by atoms with Crippen LogP contribution in [0.15, 0.2) is 53.0 Å². The minimum absolute atomic E-state index is 0.0585. The normalized spacial score (nSPS) is 10.1. The molecule has 138 valence electrons. The van der Waals surface area contributed by atoms with Crippen LogP contribution in [-0.2, 0) is 9.59 Å². The first-order valence-corrected chi connectivity index (χ1v) is 8.91. The number of anilines is 1. The fourth-order valence-corrected chi connectivity index (χ4v) is 2.52. The lowest BCUT2D eigenvalue weighted by Gasteiger charge is -2.21. The number of carbonyl (C=O) groups is 2. The predicted octanol–water partition coefficient (Wildman–Crippen LogP) is 3.32. The van der Waals surface area contributed by atoms with Crippen LogP contribution in [0.4, 0.5) is 5.69 Å². The van der Waals surface area contributed by atoms with Crippen molar-refractivity contribution in [3.05, 3.63) is 53.0 Å². The van der Waals surface area contributed by atoms with Gasteiger partial charge in [0.1, 0.15) is 11.5 Å². The summed E-state index contributed by atoms with van der Waals surface area (Å²) in [5.74, 6) is 0.601. The Hall–Kier alpha value is -2.54. The number of rotatable bonds is 8. The molecule has 0 aromatic heterocycles. The molecular weight excluding hydrogens is 400 g/mol. The second-order valence-corrected chi connectivity index (χ2v) is 6.31. The van der Waals surface area contributed by atoms with Gasteiger partial charge in [-0.15, -0.1) is 0 Å². The van der Waals surface area contributed by atoms with Crippen LogP contribution >= 0.6 is 15.9 Å². The number of likely N-dealkylation sites (N-methyl/N-ethyl adjacent to an activating group) is 1. The molecule has 2 aromatic rings. The number of nitrogens with one attached hydrogen (secondary N) is 1. The molecule has 26 heavy (non-hydrogen) atoms. The van der Waals surface area contributed by atoms with E-state index in [4.69, 9.17) is 9.47 Å². The zero-order chi connectivity index (χ0) is 18.9. The van der Waals surface area contributed by atoms with Gasteiger partial charge >= 0.3 is 0 Å². The molecule has 0 radical (unpaired) electrons. The third-order valence-electron chi connectivity index (χ3n) is 3.63. The summed E-state index contributed by atoms with van der Waals surface area (Å²) in [5, 5.41) is 2.76. The fourth-order valence-electron chi connectivity index (χ4n) is 2.25. The van der Waals surface area contributed by atoms with E-state index in [1.807, 2.05) is 25.1 Å². The SMILES string of the molecule is CCN(CC(=O)Nc1ccccc1OC)C(=O)COc1ccc(Br)cc1. The third kappa shape index (κ3) is 5.77.